The van der Waals surface area contributed by atoms with Crippen LogP contribution in [0.4, 0.5) is 0 Å². The summed E-state index contributed by atoms with van der Waals surface area (Å²) in [4.78, 5) is 22.2. The SMILES string of the molecule is C=CCC[C@H](CN(C)CCN(C)C)Oc1ccc(C(=O)N(C)C)cn1. The number of likely N-dealkylation sites (N-methyl/N-ethyl adjacent to an activating group) is 2. The van der Waals surface area contributed by atoms with E-state index < -0.39 is 0 Å². The fraction of sp³-hybridized carbons (Fsp3) is 0.579. The molecule has 1 heterocycles. The molecule has 0 radical (unpaired) electrons. The van der Waals surface area contributed by atoms with Crippen molar-refractivity contribution in [1.82, 2.24) is 19.7 Å². The minimum absolute atomic E-state index is 0.0352. The number of hydrogen-bond acceptors (Lipinski definition) is 5. The van der Waals surface area contributed by atoms with Gasteiger partial charge in [0.05, 0.1) is 5.56 Å². The van der Waals surface area contributed by atoms with Gasteiger partial charge in [-0.1, -0.05) is 6.08 Å². The fourth-order valence-corrected chi connectivity index (χ4v) is 2.31. The highest BCUT2D eigenvalue weighted by Crippen LogP contribution is 2.14. The zero-order valence-corrected chi connectivity index (χ0v) is 16.2. The minimum atomic E-state index is -0.0642. The monoisotopic (exact) mass is 348 g/mol. The molecule has 25 heavy (non-hydrogen) atoms. The molecule has 0 N–H and O–H groups in total. The molecule has 1 atom stereocenters. The van der Waals surface area contributed by atoms with Gasteiger partial charge < -0.3 is 19.4 Å². The number of pyridine rings is 1. The van der Waals surface area contributed by atoms with Crippen molar-refractivity contribution >= 4 is 5.91 Å². The van der Waals surface area contributed by atoms with E-state index in [1.165, 1.54) is 4.90 Å². The van der Waals surface area contributed by atoms with Gasteiger partial charge in [-0.3, -0.25) is 4.79 Å². The van der Waals surface area contributed by atoms with Crippen molar-refractivity contribution in [3.8, 4) is 5.88 Å². The fourth-order valence-electron chi connectivity index (χ4n) is 2.31. The van der Waals surface area contributed by atoms with Crippen LogP contribution in [0.2, 0.25) is 0 Å². The van der Waals surface area contributed by atoms with Crippen molar-refractivity contribution in [1.29, 1.82) is 0 Å². The third-order valence-electron chi connectivity index (χ3n) is 3.81. The summed E-state index contributed by atoms with van der Waals surface area (Å²) in [5.41, 5.74) is 0.558. The maximum Gasteiger partial charge on any atom is 0.254 e. The Morgan fingerprint density at radius 1 is 1.24 bits per heavy atom. The molecule has 0 aliphatic carbocycles. The summed E-state index contributed by atoms with van der Waals surface area (Å²) in [6, 6.07) is 3.52. The molecule has 0 aromatic carbocycles. The van der Waals surface area contributed by atoms with Crippen LogP contribution in [0.25, 0.3) is 0 Å². The number of nitrogens with zero attached hydrogens (tertiary/aromatic N) is 4. The van der Waals surface area contributed by atoms with Gasteiger partial charge in [0.25, 0.3) is 5.91 Å². The van der Waals surface area contributed by atoms with Crippen molar-refractivity contribution in [2.45, 2.75) is 18.9 Å². The van der Waals surface area contributed by atoms with Gasteiger partial charge in [0.1, 0.15) is 6.10 Å². The van der Waals surface area contributed by atoms with Crippen molar-refractivity contribution in [2.24, 2.45) is 0 Å². The molecule has 0 fully saturated rings. The highest BCUT2D eigenvalue weighted by atomic mass is 16.5. The van der Waals surface area contributed by atoms with Gasteiger partial charge in [-0.05, 0) is 40.1 Å². The van der Waals surface area contributed by atoms with E-state index in [1.807, 2.05) is 6.08 Å². The smallest absolute Gasteiger partial charge is 0.254 e. The van der Waals surface area contributed by atoms with Crippen LogP contribution in [-0.4, -0.2) is 86.6 Å². The minimum Gasteiger partial charge on any atom is -0.473 e. The maximum atomic E-state index is 11.9. The zero-order chi connectivity index (χ0) is 18.8. The van der Waals surface area contributed by atoms with Crippen LogP contribution in [0, 0.1) is 0 Å². The lowest BCUT2D eigenvalue weighted by atomic mass is 10.2. The van der Waals surface area contributed by atoms with Gasteiger partial charge in [-0.2, -0.15) is 0 Å². The van der Waals surface area contributed by atoms with Gasteiger partial charge in [-0.15, -0.1) is 6.58 Å². The second-order valence-electron chi connectivity index (χ2n) is 6.76. The number of hydrogen-bond donors (Lipinski definition) is 0. The lowest BCUT2D eigenvalue weighted by Crippen LogP contribution is -2.37. The van der Waals surface area contributed by atoms with Gasteiger partial charge >= 0.3 is 0 Å². The zero-order valence-electron chi connectivity index (χ0n) is 16.2. The standard InChI is InChI=1S/C19H32N4O2/c1-7-8-9-17(15-23(6)13-12-21(2)3)25-18-11-10-16(14-20-18)19(24)22(4)5/h7,10-11,14,17H,1,8-9,12-13,15H2,2-6H3/t17-/m1/s1. The Kier molecular flexibility index (Phi) is 9.16. The highest BCUT2D eigenvalue weighted by Gasteiger charge is 2.15. The van der Waals surface area contributed by atoms with E-state index in [2.05, 4.69) is 42.5 Å². The molecule has 1 rings (SSSR count). The molecule has 1 aromatic rings. The number of rotatable bonds is 11. The summed E-state index contributed by atoms with van der Waals surface area (Å²) >= 11 is 0. The Morgan fingerprint density at radius 2 is 1.96 bits per heavy atom. The van der Waals surface area contributed by atoms with E-state index in [1.54, 1.807) is 32.4 Å². The molecule has 0 bridgehead atoms. The van der Waals surface area contributed by atoms with Crippen LogP contribution in [0.3, 0.4) is 0 Å². The van der Waals surface area contributed by atoms with Gasteiger partial charge in [0.15, 0.2) is 0 Å². The molecule has 0 aliphatic rings. The first-order valence-electron chi connectivity index (χ1n) is 8.62. The van der Waals surface area contributed by atoms with Gasteiger partial charge in [-0.25, -0.2) is 4.98 Å². The van der Waals surface area contributed by atoms with Gasteiger partial charge in [0.2, 0.25) is 5.88 Å². The normalized spacial score (nSPS) is 12.3. The molecule has 1 aromatic heterocycles. The average molecular weight is 348 g/mol. The number of ether oxygens (including phenoxy) is 1. The molecule has 0 aliphatic heterocycles. The first kappa shape index (κ1) is 21.1. The Morgan fingerprint density at radius 3 is 2.48 bits per heavy atom. The number of carbonyl (C=O) groups excluding carboxylic acids is 1. The third-order valence-corrected chi connectivity index (χ3v) is 3.81. The predicted molar refractivity (Wildman–Crippen MR) is 102 cm³/mol. The Bertz CT molecular complexity index is 529. The van der Waals surface area contributed by atoms with Gasteiger partial charge in [0, 0.05) is 46.0 Å². The summed E-state index contributed by atoms with van der Waals surface area (Å²) in [6.07, 6.45) is 5.28. The van der Waals surface area contributed by atoms with E-state index in [0.29, 0.717) is 11.4 Å². The van der Waals surface area contributed by atoms with Crippen LogP contribution in [0.15, 0.2) is 31.0 Å². The largest absolute Gasteiger partial charge is 0.473 e. The molecule has 0 unspecified atom stereocenters. The molecule has 0 saturated heterocycles. The maximum absolute atomic E-state index is 11.9. The van der Waals surface area contributed by atoms with E-state index in [9.17, 15) is 4.79 Å². The quantitative estimate of drug-likeness (QED) is 0.573. The lowest BCUT2D eigenvalue weighted by molar-refractivity contribution is 0.0827. The highest BCUT2D eigenvalue weighted by molar-refractivity contribution is 5.93. The molecule has 0 spiro atoms. The molecule has 140 valence electrons. The van der Waals surface area contributed by atoms with Crippen LogP contribution >= 0.6 is 0 Å². The number of carbonyl (C=O) groups is 1. The first-order chi connectivity index (χ1) is 11.8. The summed E-state index contributed by atoms with van der Waals surface area (Å²) in [6.45, 7) is 6.59. The predicted octanol–water partition coefficient (Wildman–Crippen LogP) is 1.99. The molecular formula is C19H32N4O2. The second kappa shape index (κ2) is 10.8. The molecular weight excluding hydrogens is 316 g/mol. The topological polar surface area (TPSA) is 48.9 Å². The van der Waals surface area contributed by atoms with Crippen LogP contribution in [0.1, 0.15) is 23.2 Å². The average Bonchev–Trinajstić information content (AvgIpc) is 2.57. The number of allylic oxidation sites excluding steroid dienone is 1. The van der Waals surface area contributed by atoms with E-state index in [-0.39, 0.29) is 12.0 Å². The van der Waals surface area contributed by atoms with E-state index >= 15 is 0 Å². The summed E-state index contributed by atoms with van der Waals surface area (Å²) < 4.78 is 6.05. The Hall–Kier alpha value is -1.92. The first-order valence-corrected chi connectivity index (χ1v) is 8.62. The lowest BCUT2D eigenvalue weighted by Gasteiger charge is -2.25. The third kappa shape index (κ3) is 8.14. The molecule has 6 heteroatoms. The van der Waals surface area contributed by atoms with Crippen molar-refractivity contribution in [2.75, 3.05) is 54.9 Å². The van der Waals surface area contributed by atoms with Crippen LogP contribution in [0.5, 0.6) is 5.88 Å². The van der Waals surface area contributed by atoms with Crippen LogP contribution in [-0.2, 0) is 0 Å². The van der Waals surface area contributed by atoms with E-state index in [0.717, 1.165) is 32.5 Å². The van der Waals surface area contributed by atoms with Crippen molar-refractivity contribution < 1.29 is 9.53 Å². The summed E-state index contributed by atoms with van der Waals surface area (Å²) in [7, 11) is 9.68. The molecule has 0 saturated carbocycles. The Balaban J connectivity index is 2.67. The van der Waals surface area contributed by atoms with Crippen LogP contribution < -0.4 is 4.74 Å². The van der Waals surface area contributed by atoms with Crippen molar-refractivity contribution in [3.63, 3.8) is 0 Å². The molecule has 6 nitrogen and oxygen atoms in total. The van der Waals surface area contributed by atoms with Crippen molar-refractivity contribution in [3.05, 3.63) is 36.5 Å². The van der Waals surface area contributed by atoms with E-state index in [4.69, 9.17) is 4.74 Å². The number of amides is 1. The summed E-state index contributed by atoms with van der Waals surface area (Å²) in [5.74, 6) is 0.482. The summed E-state index contributed by atoms with van der Waals surface area (Å²) in [5, 5.41) is 0. The second-order valence-corrected chi connectivity index (χ2v) is 6.76. The Labute approximate surface area is 152 Å². The number of aromatic nitrogens is 1. The molecule has 1 amide bonds.